The molecule has 124 valence electrons. The van der Waals surface area contributed by atoms with Gasteiger partial charge < -0.3 is 15.3 Å². The molecule has 3 rings (SSSR count). The number of fused-ring (bicyclic) bond motifs is 1. The smallest absolute Gasteiger partial charge is 0.407 e. The summed E-state index contributed by atoms with van der Waals surface area (Å²) in [6.07, 6.45) is 0.443. The van der Waals surface area contributed by atoms with Crippen LogP contribution in [0.3, 0.4) is 0 Å². The normalized spacial score (nSPS) is 13.8. The number of hydrogen-bond acceptors (Lipinski definition) is 2. The van der Waals surface area contributed by atoms with Crippen LogP contribution in [0.15, 0.2) is 48.5 Å². The van der Waals surface area contributed by atoms with Crippen LogP contribution in [0.2, 0.25) is 0 Å². The van der Waals surface area contributed by atoms with E-state index in [1.54, 1.807) is 0 Å². The van der Waals surface area contributed by atoms with E-state index in [1.165, 1.54) is 4.90 Å². The first kappa shape index (κ1) is 16.1. The second-order valence-electron chi connectivity index (χ2n) is 5.92. The minimum absolute atomic E-state index is 0.110. The number of nitrogens with zero attached hydrogens (tertiary/aromatic N) is 1. The van der Waals surface area contributed by atoms with E-state index in [4.69, 9.17) is 5.11 Å². The number of carbonyl (C=O) groups excluding carboxylic acids is 1. The average molecular weight is 324 g/mol. The van der Waals surface area contributed by atoms with Gasteiger partial charge in [-0.3, -0.25) is 4.79 Å². The highest BCUT2D eigenvalue weighted by atomic mass is 16.4. The molecule has 0 saturated carbocycles. The molecule has 2 N–H and O–H groups in total. The molecule has 0 fully saturated rings. The van der Waals surface area contributed by atoms with Crippen molar-refractivity contribution in [3.63, 3.8) is 0 Å². The topological polar surface area (TPSA) is 69.6 Å². The molecule has 0 radical (unpaired) electrons. The van der Waals surface area contributed by atoms with Gasteiger partial charge in [-0.2, -0.15) is 0 Å². The van der Waals surface area contributed by atoms with Crippen molar-refractivity contribution in [2.75, 3.05) is 13.1 Å². The standard InChI is InChI=1S/C19H20N2O3/c22-18(20-13-14-4-2-1-3-5-14)17-7-6-15-8-10-21(19(23)24)11-9-16(15)12-17/h1-7,12H,8-11,13H2,(H,20,22)(H,23,24). The molecule has 0 atom stereocenters. The molecule has 0 aliphatic carbocycles. The Morgan fingerprint density at radius 1 is 1.00 bits per heavy atom. The zero-order chi connectivity index (χ0) is 16.9. The van der Waals surface area contributed by atoms with Gasteiger partial charge in [0.05, 0.1) is 0 Å². The number of carbonyl (C=O) groups is 2. The zero-order valence-corrected chi connectivity index (χ0v) is 13.4. The zero-order valence-electron chi connectivity index (χ0n) is 13.4. The minimum Gasteiger partial charge on any atom is -0.465 e. The maximum atomic E-state index is 12.3. The first-order valence-electron chi connectivity index (χ1n) is 8.05. The van der Waals surface area contributed by atoms with Gasteiger partial charge in [-0.05, 0) is 41.7 Å². The molecule has 0 unspecified atom stereocenters. The number of carboxylic acid groups (broad SMARTS) is 1. The molecule has 5 nitrogen and oxygen atoms in total. The lowest BCUT2D eigenvalue weighted by Gasteiger charge is -2.15. The Kier molecular flexibility index (Phi) is 4.79. The van der Waals surface area contributed by atoms with E-state index < -0.39 is 6.09 Å². The number of hydrogen-bond donors (Lipinski definition) is 2. The van der Waals surface area contributed by atoms with E-state index >= 15 is 0 Å². The summed E-state index contributed by atoms with van der Waals surface area (Å²) in [7, 11) is 0. The summed E-state index contributed by atoms with van der Waals surface area (Å²) in [4.78, 5) is 24.9. The quantitative estimate of drug-likeness (QED) is 0.912. The van der Waals surface area contributed by atoms with Crippen molar-refractivity contribution in [1.82, 2.24) is 10.2 Å². The summed E-state index contributed by atoms with van der Waals surface area (Å²) in [6, 6.07) is 15.4. The Labute approximate surface area is 140 Å². The van der Waals surface area contributed by atoms with Crippen molar-refractivity contribution in [1.29, 1.82) is 0 Å². The van der Waals surface area contributed by atoms with Crippen LogP contribution in [0.5, 0.6) is 0 Å². The molecule has 1 aliphatic rings. The SMILES string of the molecule is O=C(NCc1ccccc1)c1ccc2c(c1)CCN(C(=O)O)CC2. The van der Waals surface area contributed by atoms with Crippen molar-refractivity contribution in [3.05, 3.63) is 70.8 Å². The lowest BCUT2D eigenvalue weighted by atomic mass is 10.00. The molecule has 0 aromatic heterocycles. The first-order valence-corrected chi connectivity index (χ1v) is 8.05. The van der Waals surface area contributed by atoms with Crippen molar-refractivity contribution in [2.45, 2.75) is 19.4 Å². The molecular formula is C19H20N2O3. The maximum Gasteiger partial charge on any atom is 0.407 e. The van der Waals surface area contributed by atoms with Gasteiger partial charge >= 0.3 is 6.09 Å². The molecule has 1 aliphatic heterocycles. The van der Waals surface area contributed by atoms with E-state index in [0.717, 1.165) is 16.7 Å². The molecule has 0 bridgehead atoms. The number of nitrogens with one attached hydrogen (secondary N) is 1. The summed E-state index contributed by atoms with van der Waals surface area (Å²) in [5, 5.41) is 12.0. The molecule has 2 aromatic carbocycles. The third kappa shape index (κ3) is 3.74. The fourth-order valence-corrected chi connectivity index (χ4v) is 2.94. The van der Waals surface area contributed by atoms with Crippen LogP contribution in [-0.4, -0.2) is 35.1 Å². The molecule has 1 heterocycles. The van der Waals surface area contributed by atoms with Crippen LogP contribution in [0.25, 0.3) is 0 Å². The Morgan fingerprint density at radius 2 is 1.71 bits per heavy atom. The van der Waals surface area contributed by atoms with Gasteiger partial charge in [-0.15, -0.1) is 0 Å². The maximum absolute atomic E-state index is 12.3. The number of benzene rings is 2. The van der Waals surface area contributed by atoms with Crippen LogP contribution in [-0.2, 0) is 19.4 Å². The minimum atomic E-state index is -0.886. The van der Waals surface area contributed by atoms with E-state index in [-0.39, 0.29) is 5.91 Å². The van der Waals surface area contributed by atoms with Gasteiger partial charge in [0, 0.05) is 25.2 Å². The Balaban J connectivity index is 1.68. The van der Waals surface area contributed by atoms with Crippen molar-refractivity contribution >= 4 is 12.0 Å². The average Bonchev–Trinajstić information content (AvgIpc) is 2.82. The van der Waals surface area contributed by atoms with Gasteiger partial charge in [-0.1, -0.05) is 36.4 Å². The summed E-state index contributed by atoms with van der Waals surface area (Å²) in [5.74, 6) is -0.110. The molecule has 2 amide bonds. The number of amides is 2. The van der Waals surface area contributed by atoms with Crippen LogP contribution in [0, 0.1) is 0 Å². The van der Waals surface area contributed by atoms with Gasteiger partial charge in [0.2, 0.25) is 0 Å². The predicted molar refractivity (Wildman–Crippen MR) is 91.1 cm³/mol. The fraction of sp³-hybridized carbons (Fsp3) is 0.263. The molecule has 5 heteroatoms. The van der Waals surface area contributed by atoms with Crippen molar-refractivity contribution in [2.24, 2.45) is 0 Å². The lowest BCUT2D eigenvalue weighted by molar-refractivity contribution is 0.0950. The highest BCUT2D eigenvalue weighted by Crippen LogP contribution is 2.18. The van der Waals surface area contributed by atoms with Gasteiger partial charge in [0.1, 0.15) is 0 Å². The lowest BCUT2D eigenvalue weighted by Crippen LogP contribution is -2.31. The third-order valence-corrected chi connectivity index (χ3v) is 4.34. The van der Waals surface area contributed by atoms with Crippen molar-refractivity contribution in [3.8, 4) is 0 Å². The predicted octanol–water partition coefficient (Wildman–Crippen LogP) is 2.70. The van der Waals surface area contributed by atoms with Gasteiger partial charge in [-0.25, -0.2) is 4.79 Å². The third-order valence-electron chi connectivity index (χ3n) is 4.34. The fourth-order valence-electron chi connectivity index (χ4n) is 2.94. The summed E-state index contributed by atoms with van der Waals surface area (Å²) in [5.41, 5.74) is 3.86. The Morgan fingerprint density at radius 3 is 2.42 bits per heavy atom. The van der Waals surface area contributed by atoms with Crippen LogP contribution >= 0.6 is 0 Å². The van der Waals surface area contributed by atoms with Crippen molar-refractivity contribution < 1.29 is 14.7 Å². The Bertz CT molecular complexity index is 744. The second-order valence-corrected chi connectivity index (χ2v) is 5.92. The first-order chi connectivity index (χ1) is 11.6. The van der Waals surface area contributed by atoms with Gasteiger partial charge in [0.15, 0.2) is 0 Å². The van der Waals surface area contributed by atoms with E-state index in [9.17, 15) is 9.59 Å². The molecule has 0 saturated heterocycles. The van der Waals surface area contributed by atoms with E-state index in [0.29, 0.717) is 38.0 Å². The van der Waals surface area contributed by atoms with Gasteiger partial charge in [0.25, 0.3) is 5.91 Å². The highest BCUT2D eigenvalue weighted by molar-refractivity contribution is 5.94. The van der Waals surface area contributed by atoms with E-state index in [2.05, 4.69) is 5.32 Å². The summed E-state index contributed by atoms with van der Waals surface area (Å²) < 4.78 is 0. The van der Waals surface area contributed by atoms with Crippen LogP contribution in [0.4, 0.5) is 4.79 Å². The summed E-state index contributed by atoms with van der Waals surface area (Å²) >= 11 is 0. The molecule has 2 aromatic rings. The summed E-state index contributed by atoms with van der Waals surface area (Å²) in [6.45, 7) is 1.46. The monoisotopic (exact) mass is 324 g/mol. The van der Waals surface area contributed by atoms with Crippen LogP contribution in [0.1, 0.15) is 27.0 Å². The highest BCUT2D eigenvalue weighted by Gasteiger charge is 2.18. The molecular weight excluding hydrogens is 304 g/mol. The number of rotatable bonds is 3. The van der Waals surface area contributed by atoms with E-state index in [1.807, 2.05) is 48.5 Å². The molecule has 0 spiro atoms. The second kappa shape index (κ2) is 7.17. The molecule has 24 heavy (non-hydrogen) atoms. The van der Waals surface area contributed by atoms with Crippen LogP contribution < -0.4 is 5.32 Å². The Hall–Kier alpha value is -2.82. The largest absolute Gasteiger partial charge is 0.465 e.